The Morgan fingerprint density at radius 1 is 0.583 bits per heavy atom. The van der Waals surface area contributed by atoms with E-state index in [0.29, 0.717) is 0 Å². The first kappa shape index (κ1) is 22.7. The molecule has 0 fully saturated rings. The van der Waals surface area contributed by atoms with E-state index in [0.717, 1.165) is 0 Å². The van der Waals surface area contributed by atoms with Gasteiger partial charge in [-0.3, -0.25) is 0 Å². The van der Waals surface area contributed by atoms with E-state index in [1.54, 1.807) is 0 Å². The number of hydrogen-bond donors (Lipinski definition) is 0. The minimum absolute atomic E-state index is 1.05. The van der Waals surface area contributed by atoms with Gasteiger partial charge in [0, 0.05) is 6.92 Å². The largest absolute Gasteiger partial charge is 0.438 e. The highest BCUT2D eigenvalue weighted by Crippen LogP contribution is 2.57. The molecule has 0 aromatic rings. The van der Waals surface area contributed by atoms with Crippen molar-refractivity contribution >= 4 is 0 Å². The Balaban J connectivity index is 7.10. The molecule has 0 N–H and O–H groups in total. The molecule has 0 atom stereocenters. The Bertz CT molecular complexity index is 479. The molecule has 0 aliphatic rings. The Hall–Kier alpha value is -1.31. The van der Waals surface area contributed by atoms with Crippen molar-refractivity contribution in [1.29, 1.82) is 0 Å². The summed E-state index contributed by atoms with van der Waals surface area (Å²) in [6.45, 7) is -1.05. The van der Waals surface area contributed by atoms with Crippen LogP contribution < -0.4 is 0 Å². The standard InChI is InChI=1S/C9H3F15/c1-4(11,12)6(14,15)2(7(16,17)18)3(10)5(13,8(19,20)21)9(22,23)24/h1H3/b3-2+. The van der Waals surface area contributed by atoms with Gasteiger partial charge in [0.1, 0.15) is 5.57 Å². The first-order valence-corrected chi connectivity index (χ1v) is 5.08. The first-order chi connectivity index (χ1) is 10.0. The normalized spacial score (nSPS) is 17.0. The first-order valence-electron chi connectivity index (χ1n) is 5.08. The number of halogens is 15. The zero-order chi connectivity index (χ0) is 20.2. The monoisotopic (exact) mass is 396 g/mol. The maximum atomic E-state index is 13.2. The van der Waals surface area contributed by atoms with Crippen molar-refractivity contribution in [2.45, 2.75) is 43.0 Å². The van der Waals surface area contributed by atoms with Crippen LogP contribution in [0, 0.1) is 0 Å². The molecule has 0 amide bonds. The van der Waals surface area contributed by atoms with Crippen LogP contribution in [0.5, 0.6) is 0 Å². The van der Waals surface area contributed by atoms with Gasteiger partial charge in [0.05, 0.1) is 0 Å². The second-order valence-electron chi connectivity index (χ2n) is 4.30. The summed E-state index contributed by atoms with van der Waals surface area (Å²) in [4.78, 5) is 0. The number of rotatable bonds is 3. The van der Waals surface area contributed by atoms with Gasteiger partial charge in [-0.25, -0.2) is 8.78 Å². The number of alkyl halides is 14. The lowest BCUT2D eigenvalue weighted by Crippen LogP contribution is -2.56. The third-order valence-corrected chi connectivity index (χ3v) is 2.45. The number of hydrogen-bond acceptors (Lipinski definition) is 0. The topological polar surface area (TPSA) is 0 Å². The minimum Gasteiger partial charge on any atom is -0.215 e. The SMILES string of the molecule is CC(F)(F)C(F)(F)/C(=C(\F)C(F)(C(F)(F)F)C(F)(F)F)C(F)(F)F. The molecule has 0 aromatic heterocycles. The summed E-state index contributed by atoms with van der Waals surface area (Å²) in [6, 6.07) is 0. The Morgan fingerprint density at radius 2 is 0.875 bits per heavy atom. The van der Waals surface area contributed by atoms with Gasteiger partial charge >= 0.3 is 36.0 Å². The second-order valence-corrected chi connectivity index (χ2v) is 4.30. The molecule has 0 saturated heterocycles. The number of allylic oxidation sites excluding steroid dienone is 2. The lowest BCUT2D eigenvalue weighted by atomic mass is 9.93. The van der Waals surface area contributed by atoms with E-state index in [9.17, 15) is 65.9 Å². The molecule has 0 aliphatic heterocycles. The van der Waals surface area contributed by atoms with Crippen LogP contribution in [0.25, 0.3) is 0 Å². The quantitative estimate of drug-likeness (QED) is 0.522. The molecule has 0 aromatic carbocycles. The van der Waals surface area contributed by atoms with E-state index >= 15 is 0 Å². The molecule has 0 rings (SSSR count). The van der Waals surface area contributed by atoms with Crippen molar-refractivity contribution in [3.8, 4) is 0 Å². The van der Waals surface area contributed by atoms with Gasteiger partial charge in [-0.15, -0.1) is 0 Å². The third kappa shape index (κ3) is 3.53. The summed E-state index contributed by atoms with van der Waals surface area (Å²) >= 11 is 0. The molecule has 0 saturated carbocycles. The predicted octanol–water partition coefficient (Wildman–Crippen LogP) is 5.90. The van der Waals surface area contributed by atoms with E-state index in [-0.39, 0.29) is 0 Å². The van der Waals surface area contributed by atoms with Gasteiger partial charge < -0.3 is 0 Å². The maximum Gasteiger partial charge on any atom is 0.438 e. The van der Waals surface area contributed by atoms with E-state index in [2.05, 4.69) is 0 Å². The summed E-state index contributed by atoms with van der Waals surface area (Å²) in [6.07, 6.45) is -22.3. The Kier molecular flexibility index (Phi) is 5.30. The zero-order valence-electron chi connectivity index (χ0n) is 10.7. The van der Waals surface area contributed by atoms with Gasteiger partial charge in [0.25, 0.3) is 0 Å². The average Bonchev–Trinajstić information content (AvgIpc) is 2.20. The van der Waals surface area contributed by atoms with Crippen molar-refractivity contribution in [1.82, 2.24) is 0 Å². The molecule has 0 bridgehead atoms. The fourth-order valence-electron chi connectivity index (χ4n) is 1.24. The van der Waals surface area contributed by atoms with Crippen molar-refractivity contribution in [3.05, 3.63) is 11.4 Å². The molecular formula is C9H3F15. The van der Waals surface area contributed by atoms with Crippen molar-refractivity contribution < 1.29 is 65.9 Å². The third-order valence-electron chi connectivity index (χ3n) is 2.45. The fraction of sp³-hybridized carbons (Fsp3) is 0.778. The van der Waals surface area contributed by atoms with E-state index in [1.807, 2.05) is 0 Å². The second kappa shape index (κ2) is 5.61. The van der Waals surface area contributed by atoms with Crippen LogP contribution in [0.4, 0.5) is 65.9 Å². The molecule has 0 radical (unpaired) electrons. The molecule has 24 heavy (non-hydrogen) atoms. The molecule has 0 heterocycles. The van der Waals surface area contributed by atoms with Gasteiger partial charge in [0.2, 0.25) is 0 Å². The summed E-state index contributed by atoms with van der Waals surface area (Å²) in [5.74, 6) is -18.1. The van der Waals surface area contributed by atoms with Crippen LogP contribution in [0.15, 0.2) is 11.4 Å². The summed E-state index contributed by atoms with van der Waals surface area (Å²) in [5.41, 5.74) is -12.5. The smallest absolute Gasteiger partial charge is 0.215 e. The summed E-state index contributed by atoms with van der Waals surface area (Å²) in [5, 5.41) is 0. The molecule has 15 heteroatoms. The highest BCUT2D eigenvalue weighted by atomic mass is 19.4. The average molecular weight is 396 g/mol. The Morgan fingerprint density at radius 3 is 1.04 bits per heavy atom. The van der Waals surface area contributed by atoms with Crippen LogP contribution in [0.3, 0.4) is 0 Å². The molecule has 144 valence electrons. The van der Waals surface area contributed by atoms with Crippen LogP contribution in [-0.4, -0.2) is 36.0 Å². The van der Waals surface area contributed by atoms with Gasteiger partial charge in [-0.2, -0.15) is 57.1 Å². The molecule has 0 unspecified atom stereocenters. The molecule has 0 aliphatic carbocycles. The molecule has 0 nitrogen and oxygen atoms in total. The van der Waals surface area contributed by atoms with Crippen LogP contribution in [0.1, 0.15) is 6.92 Å². The van der Waals surface area contributed by atoms with Gasteiger partial charge in [-0.05, 0) is 0 Å². The summed E-state index contributed by atoms with van der Waals surface area (Å²) in [7, 11) is 0. The van der Waals surface area contributed by atoms with E-state index < -0.39 is 54.4 Å². The minimum atomic E-state index is -7.58. The fourth-order valence-corrected chi connectivity index (χ4v) is 1.24. The van der Waals surface area contributed by atoms with Crippen molar-refractivity contribution in [2.75, 3.05) is 0 Å². The molecule has 0 spiro atoms. The van der Waals surface area contributed by atoms with E-state index in [1.165, 1.54) is 0 Å². The van der Waals surface area contributed by atoms with Crippen LogP contribution in [-0.2, 0) is 0 Å². The van der Waals surface area contributed by atoms with E-state index in [4.69, 9.17) is 0 Å². The van der Waals surface area contributed by atoms with Gasteiger partial charge in [-0.1, -0.05) is 0 Å². The lowest BCUT2D eigenvalue weighted by Gasteiger charge is -2.33. The van der Waals surface area contributed by atoms with Crippen LogP contribution in [0.2, 0.25) is 0 Å². The highest BCUT2D eigenvalue weighted by Gasteiger charge is 2.79. The van der Waals surface area contributed by atoms with Crippen LogP contribution >= 0.6 is 0 Å². The molecular weight excluding hydrogens is 393 g/mol. The lowest BCUT2D eigenvalue weighted by molar-refractivity contribution is -0.333. The van der Waals surface area contributed by atoms with Gasteiger partial charge in [0.15, 0.2) is 5.83 Å². The zero-order valence-corrected chi connectivity index (χ0v) is 10.7. The summed E-state index contributed by atoms with van der Waals surface area (Å²) < 4.78 is 187. The maximum absolute atomic E-state index is 13.2. The predicted molar refractivity (Wildman–Crippen MR) is 45.7 cm³/mol. The van der Waals surface area contributed by atoms with Crippen molar-refractivity contribution in [3.63, 3.8) is 0 Å². The highest BCUT2D eigenvalue weighted by molar-refractivity contribution is 5.33. The van der Waals surface area contributed by atoms with Crippen molar-refractivity contribution in [2.24, 2.45) is 0 Å². The Labute approximate surface area is 121 Å².